The predicted molar refractivity (Wildman–Crippen MR) is 279 cm³/mol. The molecule has 0 aliphatic heterocycles. The first kappa shape index (κ1) is 60.3. The van der Waals surface area contributed by atoms with Crippen molar-refractivity contribution in [3.8, 4) is 0 Å². The van der Waals surface area contributed by atoms with Gasteiger partial charge in [-0.2, -0.15) is 0 Å². The second-order valence-electron chi connectivity index (χ2n) is 16.0. The molecule has 0 aromatic heterocycles. The Labute approximate surface area is 397 Å². The van der Waals surface area contributed by atoms with Crippen LogP contribution in [0, 0.1) is 0 Å². The van der Waals surface area contributed by atoms with Gasteiger partial charge in [0.05, 0.1) is 6.42 Å². The van der Waals surface area contributed by atoms with Crippen LogP contribution in [-0.2, 0) is 28.6 Å². The molecule has 0 amide bonds. The topological polar surface area (TPSA) is 78.9 Å². The van der Waals surface area contributed by atoms with E-state index in [0.29, 0.717) is 19.3 Å². The van der Waals surface area contributed by atoms with Gasteiger partial charge in [-0.25, -0.2) is 0 Å². The molecule has 0 spiro atoms. The molecule has 1 atom stereocenters. The Bertz CT molecular complexity index is 1490. The van der Waals surface area contributed by atoms with E-state index in [9.17, 15) is 14.4 Å². The minimum absolute atomic E-state index is 0.0859. The second kappa shape index (κ2) is 51.9. The first-order valence-corrected chi connectivity index (χ1v) is 25.3. The number of ether oxygens (including phenoxy) is 3. The van der Waals surface area contributed by atoms with Crippen LogP contribution in [0.25, 0.3) is 0 Å². The van der Waals surface area contributed by atoms with Crippen molar-refractivity contribution in [1.82, 2.24) is 0 Å². The van der Waals surface area contributed by atoms with Crippen LogP contribution in [0.1, 0.15) is 188 Å². The van der Waals surface area contributed by atoms with E-state index in [1.807, 2.05) is 6.08 Å². The molecule has 362 valence electrons. The summed E-state index contributed by atoms with van der Waals surface area (Å²) >= 11 is 0. The molecule has 0 N–H and O–H groups in total. The maximum absolute atomic E-state index is 12.6. The minimum atomic E-state index is -0.842. The van der Waals surface area contributed by atoms with E-state index < -0.39 is 12.1 Å². The van der Waals surface area contributed by atoms with Crippen molar-refractivity contribution in [1.29, 1.82) is 0 Å². The average molecular weight is 895 g/mol. The van der Waals surface area contributed by atoms with Gasteiger partial charge in [0.25, 0.3) is 0 Å². The third-order valence-corrected chi connectivity index (χ3v) is 9.87. The molecule has 0 saturated carbocycles. The first-order chi connectivity index (χ1) is 32.0. The number of hydrogen-bond acceptors (Lipinski definition) is 6. The van der Waals surface area contributed by atoms with Gasteiger partial charge in [0, 0.05) is 12.8 Å². The highest BCUT2D eigenvalue weighted by atomic mass is 16.6. The predicted octanol–water partition coefficient (Wildman–Crippen LogP) is 16.9. The summed E-state index contributed by atoms with van der Waals surface area (Å²) in [5.41, 5.74) is 0. The van der Waals surface area contributed by atoms with Gasteiger partial charge >= 0.3 is 17.9 Å². The first-order valence-electron chi connectivity index (χ1n) is 25.3. The number of unbranched alkanes of at least 4 members (excludes halogenated alkanes) is 9. The van der Waals surface area contributed by atoms with Crippen LogP contribution in [0.2, 0.25) is 0 Å². The Kier molecular flexibility index (Phi) is 48.2. The number of carbonyl (C=O) groups is 3. The zero-order valence-corrected chi connectivity index (χ0v) is 41.2. The van der Waals surface area contributed by atoms with Crippen LogP contribution in [-0.4, -0.2) is 37.2 Å². The van der Waals surface area contributed by atoms with Gasteiger partial charge in [-0.1, -0.05) is 212 Å². The molecule has 0 aromatic rings. The summed E-state index contributed by atoms with van der Waals surface area (Å²) in [6.07, 6.45) is 74.7. The van der Waals surface area contributed by atoms with E-state index in [1.165, 1.54) is 0 Å². The van der Waals surface area contributed by atoms with Crippen LogP contribution in [0.5, 0.6) is 0 Å². The molecule has 0 heterocycles. The molecule has 0 aliphatic carbocycles. The van der Waals surface area contributed by atoms with Gasteiger partial charge in [-0.3, -0.25) is 14.4 Å². The lowest BCUT2D eigenvalue weighted by atomic mass is 10.1. The number of carbonyl (C=O) groups excluding carboxylic acids is 3. The SMILES string of the molecule is CC/C=C\C/C=C\C/C=C\C/C=C\C/C=C\C/C=C\C/C=C\CCCCCCCC(=O)OCC(COC(=O)CCCCCCC)OC(=O)C/C=C\C/C=C\C/C=C\C/C=C\C/C=C\CC. The summed E-state index contributed by atoms with van der Waals surface area (Å²) in [7, 11) is 0. The molecule has 0 bridgehead atoms. The highest BCUT2D eigenvalue weighted by molar-refractivity contribution is 5.72. The Balaban J connectivity index is 4.30. The van der Waals surface area contributed by atoms with Crippen molar-refractivity contribution in [2.24, 2.45) is 0 Å². The Morgan fingerprint density at radius 3 is 1.02 bits per heavy atom. The van der Waals surface area contributed by atoms with Crippen molar-refractivity contribution < 1.29 is 28.6 Å². The third-order valence-electron chi connectivity index (χ3n) is 9.87. The molecule has 65 heavy (non-hydrogen) atoms. The third kappa shape index (κ3) is 50.2. The zero-order valence-electron chi connectivity index (χ0n) is 41.2. The van der Waals surface area contributed by atoms with Gasteiger partial charge in [0.15, 0.2) is 6.10 Å². The summed E-state index contributed by atoms with van der Waals surface area (Å²) in [6, 6.07) is 0. The maximum Gasteiger partial charge on any atom is 0.310 e. The molecule has 6 heteroatoms. The van der Waals surface area contributed by atoms with Crippen molar-refractivity contribution >= 4 is 17.9 Å². The molecule has 0 aromatic carbocycles. The molecule has 0 radical (unpaired) electrons. The fraction of sp³-hybridized carbons (Fsp3) is 0.542. The average Bonchev–Trinajstić information content (AvgIpc) is 3.30. The van der Waals surface area contributed by atoms with E-state index in [2.05, 4.69) is 154 Å². The summed E-state index contributed by atoms with van der Waals surface area (Å²) < 4.78 is 16.5. The summed E-state index contributed by atoms with van der Waals surface area (Å²) in [6.45, 7) is 6.18. The molecule has 0 rings (SSSR count). The Morgan fingerprint density at radius 1 is 0.338 bits per heavy atom. The molecular weight excluding hydrogens is 805 g/mol. The molecule has 0 saturated heterocycles. The van der Waals surface area contributed by atoms with Gasteiger partial charge in [0.2, 0.25) is 0 Å². The lowest BCUT2D eigenvalue weighted by molar-refractivity contribution is -0.166. The number of hydrogen-bond donors (Lipinski definition) is 0. The fourth-order valence-electron chi connectivity index (χ4n) is 6.14. The van der Waals surface area contributed by atoms with E-state index in [0.717, 1.165) is 141 Å². The van der Waals surface area contributed by atoms with Crippen LogP contribution >= 0.6 is 0 Å². The van der Waals surface area contributed by atoms with Crippen molar-refractivity contribution in [2.45, 2.75) is 194 Å². The summed E-state index contributed by atoms with van der Waals surface area (Å²) in [5, 5.41) is 0. The quantitative estimate of drug-likeness (QED) is 0.0263. The number of esters is 3. The monoisotopic (exact) mass is 895 g/mol. The van der Waals surface area contributed by atoms with Gasteiger partial charge < -0.3 is 14.2 Å². The molecule has 1 unspecified atom stereocenters. The lowest BCUT2D eigenvalue weighted by Crippen LogP contribution is -2.30. The minimum Gasteiger partial charge on any atom is -0.462 e. The Hall–Kier alpha value is -4.71. The van der Waals surface area contributed by atoms with Gasteiger partial charge in [0.1, 0.15) is 13.2 Å². The number of allylic oxidation sites excluding steroid dienone is 23. The van der Waals surface area contributed by atoms with E-state index in [-0.39, 0.29) is 31.6 Å². The van der Waals surface area contributed by atoms with E-state index in [1.54, 1.807) is 6.08 Å². The van der Waals surface area contributed by atoms with E-state index >= 15 is 0 Å². The van der Waals surface area contributed by atoms with Crippen molar-refractivity contribution in [3.05, 3.63) is 146 Å². The van der Waals surface area contributed by atoms with Crippen LogP contribution in [0.3, 0.4) is 0 Å². The maximum atomic E-state index is 12.6. The van der Waals surface area contributed by atoms with E-state index in [4.69, 9.17) is 14.2 Å². The van der Waals surface area contributed by atoms with Gasteiger partial charge in [-0.15, -0.1) is 0 Å². The zero-order chi connectivity index (χ0) is 47.2. The fourth-order valence-corrected chi connectivity index (χ4v) is 6.14. The normalized spacial score (nSPS) is 13.3. The standard InChI is InChI=1S/C59H90O6/c1-4-7-10-13-15-17-19-21-23-24-25-26-27-28-29-30-31-32-33-34-36-37-39-41-43-46-49-52-58(61)64-55-56(54-63-57(60)51-48-45-12-9-6-3)65-59(62)53-50-47-44-42-40-38-35-22-20-18-16-14-11-8-5-2/h7-8,10-11,15-18,21-23,25-26,28-29,31-32,34-36,40,42,47,50,56H,4-6,9,12-14,19-20,24,27,30,33,37-39,41,43-46,48-49,51-55H2,1-3H3/b10-7-,11-8-,17-15-,18-16-,23-21-,26-25-,29-28-,32-31-,35-22-,36-34-,42-40-,50-47-. The van der Waals surface area contributed by atoms with Crippen LogP contribution < -0.4 is 0 Å². The molecule has 0 fully saturated rings. The smallest absolute Gasteiger partial charge is 0.310 e. The lowest BCUT2D eigenvalue weighted by Gasteiger charge is -2.18. The number of rotatable bonds is 43. The Morgan fingerprint density at radius 2 is 0.646 bits per heavy atom. The molecule has 6 nitrogen and oxygen atoms in total. The second-order valence-corrected chi connectivity index (χ2v) is 16.0. The summed E-state index contributed by atoms with van der Waals surface area (Å²) in [5.74, 6) is -1.11. The molecular formula is C59H90O6. The molecule has 0 aliphatic rings. The van der Waals surface area contributed by atoms with Crippen molar-refractivity contribution in [3.63, 3.8) is 0 Å². The van der Waals surface area contributed by atoms with Crippen molar-refractivity contribution in [2.75, 3.05) is 13.2 Å². The highest BCUT2D eigenvalue weighted by Gasteiger charge is 2.19. The van der Waals surface area contributed by atoms with Crippen LogP contribution in [0.4, 0.5) is 0 Å². The summed E-state index contributed by atoms with van der Waals surface area (Å²) in [4.78, 5) is 37.6. The van der Waals surface area contributed by atoms with Crippen LogP contribution in [0.15, 0.2) is 146 Å². The van der Waals surface area contributed by atoms with Gasteiger partial charge in [-0.05, 0) is 103 Å². The largest absolute Gasteiger partial charge is 0.462 e. The highest BCUT2D eigenvalue weighted by Crippen LogP contribution is 2.11.